The molecule has 96 valence electrons. The molecule has 0 aliphatic carbocycles. The third-order valence-corrected chi connectivity index (χ3v) is 2.92. The zero-order valence-electron chi connectivity index (χ0n) is 10.9. The first kappa shape index (κ1) is 15.4. The van der Waals surface area contributed by atoms with Gasteiger partial charge in [0, 0.05) is 13.5 Å². The summed E-state index contributed by atoms with van der Waals surface area (Å²) in [5, 5.41) is 8.97. The summed E-state index contributed by atoms with van der Waals surface area (Å²) in [5.41, 5.74) is 5.66. The van der Waals surface area contributed by atoms with Crippen LogP contribution >= 0.6 is 0 Å². The molecule has 4 nitrogen and oxygen atoms in total. The maximum Gasteiger partial charge on any atom is 0.222 e. The molecular weight excluding hydrogens is 204 g/mol. The van der Waals surface area contributed by atoms with Crippen molar-refractivity contribution in [1.82, 2.24) is 4.90 Å². The number of likely N-dealkylation sites (N-methyl/N-ethyl adjacent to an activating group) is 1. The Morgan fingerprint density at radius 1 is 1.38 bits per heavy atom. The minimum Gasteiger partial charge on any atom is -0.394 e. The van der Waals surface area contributed by atoms with E-state index in [0.717, 1.165) is 6.42 Å². The number of hydrogen-bond acceptors (Lipinski definition) is 3. The zero-order chi connectivity index (χ0) is 12.7. The molecule has 2 atom stereocenters. The van der Waals surface area contributed by atoms with Crippen molar-refractivity contribution in [3.63, 3.8) is 0 Å². The highest BCUT2D eigenvalue weighted by atomic mass is 16.3. The number of amides is 1. The first-order valence-corrected chi connectivity index (χ1v) is 5.98. The van der Waals surface area contributed by atoms with E-state index in [9.17, 15) is 4.79 Å². The average molecular weight is 230 g/mol. The van der Waals surface area contributed by atoms with Gasteiger partial charge in [-0.1, -0.05) is 13.8 Å². The summed E-state index contributed by atoms with van der Waals surface area (Å²) in [6, 6.07) is -0.120. The molecule has 0 heterocycles. The summed E-state index contributed by atoms with van der Waals surface area (Å²) in [4.78, 5) is 13.5. The summed E-state index contributed by atoms with van der Waals surface area (Å²) in [7, 11) is 1.73. The van der Waals surface area contributed by atoms with Gasteiger partial charge in [-0.15, -0.1) is 0 Å². The molecule has 0 aliphatic heterocycles. The van der Waals surface area contributed by atoms with Crippen molar-refractivity contribution >= 4 is 5.91 Å². The van der Waals surface area contributed by atoms with Gasteiger partial charge in [0.25, 0.3) is 0 Å². The van der Waals surface area contributed by atoms with Gasteiger partial charge in [0.15, 0.2) is 0 Å². The van der Waals surface area contributed by atoms with Gasteiger partial charge in [-0.05, 0) is 31.7 Å². The molecule has 0 bridgehead atoms. The number of aliphatic hydroxyl groups is 1. The molecule has 0 radical (unpaired) electrons. The maximum atomic E-state index is 11.9. The van der Waals surface area contributed by atoms with E-state index in [1.807, 2.05) is 6.92 Å². The van der Waals surface area contributed by atoms with Crippen LogP contribution in [0.2, 0.25) is 0 Å². The van der Waals surface area contributed by atoms with Gasteiger partial charge in [-0.2, -0.15) is 0 Å². The van der Waals surface area contributed by atoms with Crippen LogP contribution in [0.5, 0.6) is 0 Å². The van der Waals surface area contributed by atoms with Gasteiger partial charge in [-0.25, -0.2) is 0 Å². The normalized spacial score (nSPS) is 14.9. The molecule has 1 unspecified atom stereocenters. The summed E-state index contributed by atoms with van der Waals surface area (Å²) < 4.78 is 0. The molecule has 0 saturated carbocycles. The van der Waals surface area contributed by atoms with Crippen molar-refractivity contribution < 1.29 is 9.90 Å². The Bertz CT molecular complexity index is 207. The van der Waals surface area contributed by atoms with Crippen molar-refractivity contribution in [1.29, 1.82) is 0 Å². The fraction of sp³-hybridized carbons (Fsp3) is 0.917. The number of carbonyl (C=O) groups excluding carboxylic acids is 1. The Labute approximate surface area is 98.8 Å². The van der Waals surface area contributed by atoms with Gasteiger partial charge in [-0.3, -0.25) is 4.79 Å². The van der Waals surface area contributed by atoms with E-state index >= 15 is 0 Å². The van der Waals surface area contributed by atoms with Gasteiger partial charge in [0.2, 0.25) is 5.91 Å². The van der Waals surface area contributed by atoms with E-state index in [4.69, 9.17) is 10.8 Å². The van der Waals surface area contributed by atoms with Crippen molar-refractivity contribution in [2.24, 2.45) is 17.6 Å². The van der Waals surface area contributed by atoms with E-state index < -0.39 is 0 Å². The Balaban J connectivity index is 4.19. The second-order valence-electron chi connectivity index (χ2n) is 4.97. The molecule has 1 amide bonds. The maximum absolute atomic E-state index is 11.9. The van der Waals surface area contributed by atoms with Gasteiger partial charge >= 0.3 is 0 Å². The third-order valence-electron chi connectivity index (χ3n) is 2.92. The highest BCUT2D eigenvalue weighted by molar-refractivity contribution is 5.76. The Morgan fingerprint density at radius 3 is 2.31 bits per heavy atom. The second-order valence-corrected chi connectivity index (χ2v) is 4.97. The largest absolute Gasteiger partial charge is 0.394 e. The predicted octanol–water partition coefficient (Wildman–Crippen LogP) is 0.837. The molecule has 0 aromatic heterocycles. The SMILES string of the molecule is CC(C)C[C@H](CN)CC(=O)N(C)C(C)CO. The highest BCUT2D eigenvalue weighted by Crippen LogP contribution is 2.15. The van der Waals surface area contributed by atoms with Crippen LogP contribution in [0.1, 0.15) is 33.6 Å². The second kappa shape index (κ2) is 7.63. The van der Waals surface area contributed by atoms with Crippen LogP contribution in [0, 0.1) is 11.8 Å². The summed E-state index contributed by atoms with van der Waals surface area (Å²) in [5.74, 6) is 0.875. The molecular formula is C12H26N2O2. The van der Waals surface area contributed by atoms with Crippen LogP contribution in [0.15, 0.2) is 0 Å². The van der Waals surface area contributed by atoms with Crippen molar-refractivity contribution in [2.75, 3.05) is 20.2 Å². The third kappa shape index (κ3) is 5.47. The predicted molar refractivity (Wildman–Crippen MR) is 65.9 cm³/mol. The lowest BCUT2D eigenvalue weighted by atomic mass is 9.93. The molecule has 0 fully saturated rings. The zero-order valence-corrected chi connectivity index (χ0v) is 10.9. The first-order valence-electron chi connectivity index (χ1n) is 5.98. The van der Waals surface area contributed by atoms with E-state index in [-0.39, 0.29) is 24.5 Å². The molecule has 0 aromatic carbocycles. The average Bonchev–Trinajstić information content (AvgIpc) is 2.25. The summed E-state index contributed by atoms with van der Waals surface area (Å²) in [6.45, 7) is 6.64. The van der Waals surface area contributed by atoms with Gasteiger partial charge < -0.3 is 15.7 Å². The van der Waals surface area contributed by atoms with E-state index in [1.165, 1.54) is 0 Å². The highest BCUT2D eigenvalue weighted by Gasteiger charge is 2.19. The van der Waals surface area contributed by atoms with Crippen LogP contribution in [0.25, 0.3) is 0 Å². The minimum absolute atomic E-state index is 0.000285. The number of carbonyl (C=O) groups is 1. The van der Waals surface area contributed by atoms with E-state index in [2.05, 4.69) is 13.8 Å². The number of aliphatic hydroxyl groups excluding tert-OH is 1. The Kier molecular flexibility index (Phi) is 7.34. The quantitative estimate of drug-likeness (QED) is 0.681. The fourth-order valence-corrected chi connectivity index (χ4v) is 1.69. The summed E-state index contributed by atoms with van der Waals surface area (Å²) >= 11 is 0. The monoisotopic (exact) mass is 230 g/mol. The molecule has 0 spiro atoms. The standard InChI is InChI=1S/C12H26N2O2/c1-9(2)5-11(7-13)6-12(16)14(4)10(3)8-15/h9-11,15H,5-8,13H2,1-4H3/t10?,11-/m0/s1. The molecule has 0 rings (SSSR count). The lowest BCUT2D eigenvalue weighted by Gasteiger charge is -2.25. The topological polar surface area (TPSA) is 66.6 Å². The van der Waals surface area contributed by atoms with Crippen LogP contribution < -0.4 is 5.73 Å². The summed E-state index contributed by atoms with van der Waals surface area (Å²) in [6.07, 6.45) is 1.46. The number of nitrogens with zero attached hydrogens (tertiary/aromatic N) is 1. The van der Waals surface area contributed by atoms with Crippen LogP contribution in [-0.2, 0) is 4.79 Å². The smallest absolute Gasteiger partial charge is 0.222 e. The Hall–Kier alpha value is -0.610. The number of nitrogens with two attached hydrogens (primary N) is 1. The number of rotatable bonds is 7. The molecule has 4 heteroatoms. The lowest BCUT2D eigenvalue weighted by molar-refractivity contribution is -0.133. The van der Waals surface area contributed by atoms with Gasteiger partial charge in [0.1, 0.15) is 0 Å². The first-order chi connectivity index (χ1) is 7.42. The molecule has 0 aromatic rings. The Morgan fingerprint density at radius 2 is 1.94 bits per heavy atom. The van der Waals surface area contributed by atoms with E-state index in [1.54, 1.807) is 11.9 Å². The van der Waals surface area contributed by atoms with Crippen molar-refractivity contribution in [3.8, 4) is 0 Å². The van der Waals surface area contributed by atoms with Crippen molar-refractivity contribution in [2.45, 2.75) is 39.7 Å². The molecule has 0 saturated heterocycles. The fourth-order valence-electron chi connectivity index (χ4n) is 1.69. The molecule has 16 heavy (non-hydrogen) atoms. The van der Waals surface area contributed by atoms with Crippen LogP contribution in [0.4, 0.5) is 0 Å². The van der Waals surface area contributed by atoms with Crippen molar-refractivity contribution in [3.05, 3.63) is 0 Å². The van der Waals surface area contributed by atoms with Gasteiger partial charge in [0.05, 0.1) is 12.6 Å². The van der Waals surface area contributed by atoms with Crippen LogP contribution in [-0.4, -0.2) is 42.2 Å². The minimum atomic E-state index is -0.120. The molecule has 0 aliphatic rings. The van der Waals surface area contributed by atoms with E-state index in [0.29, 0.717) is 18.9 Å². The lowest BCUT2D eigenvalue weighted by Crippen LogP contribution is -2.39. The number of hydrogen-bond donors (Lipinski definition) is 2. The molecule has 3 N–H and O–H groups in total. The van der Waals surface area contributed by atoms with Crippen LogP contribution in [0.3, 0.4) is 0 Å².